The summed E-state index contributed by atoms with van der Waals surface area (Å²) in [6, 6.07) is 4.47. The molecule has 0 N–H and O–H groups in total. The van der Waals surface area contributed by atoms with E-state index in [9.17, 15) is 21.6 Å². The molecule has 0 radical (unpaired) electrons. The predicted octanol–water partition coefficient (Wildman–Crippen LogP) is 3.51. The molecule has 16 heavy (non-hydrogen) atoms. The summed E-state index contributed by atoms with van der Waals surface area (Å²) in [6.07, 6.45) is -4.98. The summed E-state index contributed by atoms with van der Waals surface area (Å²) < 4.78 is 59.4. The van der Waals surface area contributed by atoms with Crippen LogP contribution in [-0.2, 0) is 9.05 Å². The SMILES string of the molecule is O=S(=O)(Cl)C(c1cccc(Cl)c1)C(F)(F)F. The molecule has 2 nitrogen and oxygen atoms in total. The first kappa shape index (κ1) is 13.6. The van der Waals surface area contributed by atoms with Gasteiger partial charge in [-0.2, -0.15) is 13.2 Å². The van der Waals surface area contributed by atoms with Crippen LogP contribution in [-0.4, -0.2) is 14.6 Å². The zero-order valence-electron chi connectivity index (χ0n) is 7.50. The Morgan fingerprint density at radius 3 is 2.19 bits per heavy atom. The van der Waals surface area contributed by atoms with Gasteiger partial charge in [-0.3, -0.25) is 0 Å². The van der Waals surface area contributed by atoms with Crippen LogP contribution in [0.5, 0.6) is 0 Å². The summed E-state index contributed by atoms with van der Waals surface area (Å²) in [4.78, 5) is 0. The van der Waals surface area contributed by atoms with Gasteiger partial charge < -0.3 is 0 Å². The van der Waals surface area contributed by atoms with E-state index in [0.29, 0.717) is 0 Å². The van der Waals surface area contributed by atoms with Crippen molar-refractivity contribution in [1.29, 1.82) is 0 Å². The fourth-order valence-corrected chi connectivity index (χ4v) is 2.78. The molecule has 1 atom stereocenters. The van der Waals surface area contributed by atoms with Crippen molar-refractivity contribution in [2.75, 3.05) is 0 Å². The Balaban J connectivity index is 3.34. The zero-order chi connectivity index (χ0) is 12.6. The lowest BCUT2D eigenvalue weighted by atomic mass is 10.1. The highest BCUT2D eigenvalue weighted by atomic mass is 35.7. The van der Waals surface area contributed by atoms with Crippen LogP contribution in [0.15, 0.2) is 24.3 Å². The molecule has 0 aliphatic carbocycles. The molecule has 1 aromatic carbocycles. The summed E-state index contributed by atoms with van der Waals surface area (Å²) in [5.74, 6) is 0. The Labute approximate surface area is 99.4 Å². The first-order valence-electron chi connectivity index (χ1n) is 3.88. The van der Waals surface area contributed by atoms with Crippen LogP contribution in [0.4, 0.5) is 13.2 Å². The number of benzene rings is 1. The Morgan fingerprint density at radius 2 is 1.81 bits per heavy atom. The third kappa shape index (κ3) is 3.26. The molecule has 0 aromatic heterocycles. The van der Waals surface area contributed by atoms with Crippen molar-refractivity contribution in [3.63, 3.8) is 0 Å². The van der Waals surface area contributed by atoms with Crippen LogP contribution < -0.4 is 0 Å². The number of rotatable bonds is 2. The van der Waals surface area contributed by atoms with Gasteiger partial charge >= 0.3 is 6.18 Å². The summed E-state index contributed by atoms with van der Waals surface area (Å²) in [7, 11) is -0.0240. The van der Waals surface area contributed by atoms with Gasteiger partial charge in [-0.15, -0.1) is 0 Å². The van der Waals surface area contributed by atoms with E-state index < -0.39 is 26.0 Å². The van der Waals surface area contributed by atoms with Gasteiger partial charge in [-0.1, -0.05) is 23.7 Å². The van der Waals surface area contributed by atoms with Gasteiger partial charge in [0.2, 0.25) is 9.05 Å². The topological polar surface area (TPSA) is 34.1 Å². The fourth-order valence-electron chi connectivity index (χ4n) is 1.18. The van der Waals surface area contributed by atoms with E-state index in [2.05, 4.69) is 0 Å². The van der Waals surface area contributed by atoms with Crippen molar-refractivity contribution >= 4 is 31.3 Å². The van der Waals surface area contributed by atoms with Gasteiger partial charge in [-0.25, -0.2) is 8.42 Å². The Morgan fingerprint density at radius 1 is 1.25 bits per heavy atom. The van der Waals surface area contributed by atoms with Crippen molar-refractivity contribution in [2.45, 2.75) is 11.4 Å². The van der Waals surface area contributed by atoms with Crippen LogP contribution in [0, 0.1) is 0 Å². The molecular weight excluding hydrogens is 288 g/mol. The summed E-state index contributed by atoms with van der Waals surface area (Å²) in [5.41, 5.74) is -0.505. The molecule has 8 heteroatoms. The van der Waals surface area contributed by atoms with E-state index in [1.807, 2.05) is 0 Å². The maximum Gasteiger partial charge on any atom is 0.410 e. The molecule has 0 aliphatic heterocycles. The predicted molar refractivity (Wildman–Crippen MR) is 55.0 cm³/mol. The quantitative estimate of drug-likeness (QED) is 0.782. The summed E-state index contributed by atoms with van der Waals surface area (Å²) >= 11 is 5.48. The molecule has 1 unspecified atom stereocenters. The zero-order valence-corrected chi connectivity index (χ0v) is 9.83. The van der Waals surface area contributed by atoms with E-state index in [0.717, 1.165) is 12.1 Å². The lowest BCUT2D eigenvalue weighted by Crippen LogP contribution is -2.25. The third-order valence-corrected chi connectivity index (χ3v) is 3.60. The molecule has 0 bridgehead atoms. The molecule has 0 spiro atoms. The van der Waals surface area contributed by atoms with E-state index in [-0.39, 0.29) is 5.02 Å². The molecule has 0 amide bonds. The summed E-state index contributed by atoms with van der Waals surface area (Å²) in [5, 5.41) is -2.76. The van der Waals surface area contributed by atoms with E-state index >= 15 is 0 Å². The average molecular weight is 293 g/mol. The first-order valence-corrected chi connectivity index (χ1v) is 6.63. The highest BCUT2D eigenvalue weighted by Gasteiger charge is 2.49. The van der Waals surface area contributed by atoms with Crippen molar-refractivity contribution in [1.82, 2.24) is 0 Å². The van der Waals surface area contributed by atoms with Gasteiger partial charge in [0, 0.05) is 15.7 Å². The maximum atomic E-state index is 12.5. The minimum Gasteiger partial charge on any atom is -0.211 e. The molecule has 1 aromatic rings. The Hall–Kier alpha value is -0.460. The van der Waals surface area contributed by atoms with E-state index in [1.54, 1.807) is 0 Å². The van der Waals surface area contributed by atoms with Crippen molar-refractivity contribution in [3.05, 3.63) is 34.9 Å². The van der Waals surface area contributed by atoms with Gasteiger partial charge in [0.1, 0.15) is 0 Å². The van der Waals surface area contributed by atoms with Crippen LogP contribution in [0.25, 0.3) is 0 Å². The average Bonchev–Trinajstić information content (AvgIpc) is 1.97. The van der Waals surface area contributed by atoms with Gasteiger partial charge in [-0.05, 0) is 17.7 Å². The molecule has 0 heterocycles. The molecular formula is C8H5Cl2F3O2S. The van der Waals surface area contributed by atoms with E-state index in [1.165, 1.54) is 12.1 Å². The van der Waals surface area contributed by atoms with Crippen LogP contribution >= 0.6 is 22.3 Å². The molecule has 0 saturated heterocycles. The van der Waals surface area contributed by atoms with E-state index in [4.69, 9.17) is 22.3 Å². The smallest absolute Gasteiger partial charge is 0.211 e. The van der Waals surface area contributed by atoms with Gasteiger partial charge in [0.15, 0.2) is 5.25 Å². The van der Waals surface area contributed by atoms with Crippen molar-refractivity contribution in [3.8, 4) is 0 Å². The van der Waals surface area contributed by atoms with Crippen molar-refractivity contribution < 1.29 is 21.6 Å². The second-order valence-corrected chi connectivity index (χ2v) is 6.10. The van der Waals surface area contributed by atoms with Crippen LogP contribution in [0.1, 0.15) is 10.8 Å². The molecule has 0 fully saturated rings. The molecule has 0 aliphatic rings. The summed E-state index contributed by atoms with van der Waals surface area (Å²) in [6.45, 7) is 0. The Bertz CT molecular complexity index is 484. The van der Waals surface area contributed by atoms with Crippen LogP contribution in [0.2, 0.25) is 5.02 Å². The number of alkyl halides is 3. The second-order valence-electron chi connectivity index (χ2n) is 2.95. The highest BCUT2D eigenvalue weighted by molar-refractivity contribution is 8.14. The van der Waals surface area contributed by atoms with Crippen LogP contribution in [0.3, 0.4) is 0 Å². The molecule has 90 valence electrons. The van der Waals surface area contributed by atoms with Gasteiger partial charge in [0.05, 0.1) is 0 Å². The molecule has 1 rings (SSSR count). The number of hydrogen-bond donors (Lipinski definition) is 0. The normalized spacial score (nSPS) is 14.8. The number of hydrogen-bond acceptors (Lipinski definition) is 2. The largest absolute Gasteiger partial charge is 0.410 e. The lowest BCUT2D eigenvalue weighted by molar-refractivity contribution is -0.131. The number of halogens is 5. The van der Waals surface area contributed by atoms with Crippen molar-refractivity contribution in [2.24, 2.45) is 0 Å². The maximum absolute atomic E-state index is 12.5. The fraction of sp³-hybridized carbons (Fsp3) is 0.250. The third-order valence-electron chi connectivity index (χ3n) is 1.73. The standard InChI is InChI=1S/C8H5Cl2F3O2S/c9-6-3-1-2-5(4-6)7(8(11,12)13)16(10,14)15/h1-4,7H. The minimum absolute atomic E-state index is 0.00654. The minimum atomic E-state index is -4.98. The highest BCUT2D eigenvalue weighted by Crippen LogP contribution is 2.41. The second kappa shape index (κ2) is 4.43. The Kier molecular flexibility index (Phi) is 3.76. The molecule has 0 saturated carbocycles. The lowest BCUT2D eigenvalue weighted by Gasteiger charge is -2.17. The first-order chi connectivity index (χ1) is 7.12. The monoisotopic (exact) mass is 292 g/mol. The van der Waals surface area contributed by atoms with Gasteiger partial charge in [0.25, 0.3) is 0 Å².